The molecule has 2 rings (SSSR count). The van der Waals surface area contributed by atoms with E-state index in [4.69, 9.17) is 6.42 Å². The number of hydrogen-bond acceptors (Lipinski definition) is 3. The minimum atomic E-state index is -0.770. The van der Waals surface area contributed by atoms with Gasteiger partial charge in [0.15, 0.2) is 0 Å². The van der Waals surface area contributed by atoms with E-state index in [9.17, 15) is 13.6 Å². The molecule has 124 valence electrons. The topological polar surface area (TPSA) is 41.6 Å². The van der Waals surface area contributed by atoms with E-state index in [0.29, 0.717) is 12.2 Å². The summed E-state index contributed by atoms with van der Waals surface area (Å²) in [6, 6.07) is 10.3. The molecule has 2 aromatic rings. The number of nitrogens with zero attached hydrogens (tertiary/aromatic N) is 1. The minimum Gasteiger partial charge on any atom is -0.453 e. The van der Waals surface area contributed by atoms with Crippen LogP contribution in [0, 0.1) is 24.0 Å². The molecular weight excluding hydrogens is 314 g/mol. The van der Waals surface area contributed by atoms with Crippen molar-refractivity contribution in [3.05, 3.63) is 59.7 Å². The van der Waals surface area contributed by atoms with Gasteiger partial charge in [-0.3, -0.25) is 5.32 Å². The van der Waals surface area contributed by atoms with Gasteiger partial charge in [-0.15, -0.1) is 6.42 Å². The van der Waals surface area contributed by atoms with E-state index in [-0.39, 0.29) is 18.0 Å². The molecule has 0 aliphatic carbocycles. The Balaban J connectivity index is 2.26. The SMILES string of the molecule is C#CCN(Cc1ccc(F)cc1)c1ccc(F)c(NC(=O)OC)c1. The van der Waals surface area contributed by atoms with Crippen LogP contribution in [0.15, 0.2) is 42.5 Å². The maximum atomic E-state index is 13.8. The number of ether oxygens (including phenoxy) is 1. The van der Waals surface area contributed by atoms with E-state index in [2.05, 4.69) is 16.0 Å². The van der Waals surface area contributed by atoms with Crippen LogP contribution in [-0.2, 0) is 11.3 Å². The first-order valence-corrected chi connectivity index (χ1v) is 7.11. The van der Waals surface area contributed by atoms with Gasteiger partial charge in [-0.1, -0.05) is 18.1 Å². The van der Waals surface area contributed by atoms with Crippen LogP contribution < -0.4 is 10.2 Å². The Morgan fingerprint density at radius 2 is 1.96 bits per heavy atom. The van der Waals surface area contributed by atoms with Crippen molar-refractivity contribution in [3.8, 4) is 12.3 Å². The van der Waals surface area contributed by atoms with E-state index in [1.54, 1.807) is 23.1 Å². The largest absolute Gasteiger partial charge is 0.453 e. The molecule has 0 atom stereocenters. The monoisotopic (exact) mass is 330 g/mol. The summed E-state index contributed by atoms with van der Waals surface area (Å²) in [7, 11) is 1.19. The highest BCUT2D eigenvalue weighted by molar-refractivity contribution is 5.85. The third kappa shape index (κ3) is 4.46. The Labute approximate surface area is 139 Å². The molecule has 0 aliphatic rings. The number of methoxy groups -OCH3 is 1. The highest BCUT2D eigenvalue weighted by Crippen LogP contribution is 2.24. The fraction of sp³-hybridized carbons (Fsp3) is 0.167. The lowest BCUT2D eigenvalue weighted by Crippen LogP contribution is -2.23. The summed E-state index contributed by atoms with van der Waals surface area (Å²) in [5.74, 6) is 1.61. The van der Waals surface area contributed by atoms with Crippen molar-refractivity contribution in [2.24, 2.45) is 0 Å². The second kappa shape index (κ2) is 7.97. The van der Waals surface area contributed by atoms with E-state index in [1.807, 2.05) is 0 Å². The zero-order valence-corrected chi connectivity index (χ0v) is 13.1. The third-order valence-corrected chi connectivity index (χ3v) is 3.31. The maximum absolute atomic E-state index is 13.8. The molecule has 0 saturated heterocycles. The van der Waals surface area contributed by atoms with Crippen molar-refractivity contribution in [2.75, 3.05) is 23.9 Å². The number of carbonyl (C=O) groups is 1. The summed E-state index contributed by atoms with van der Waals surface area (Å²) in [5.41, 5.74) is 1.45. The first-order valence-electron chi connectivity index (χ1n) is 7.11. The van der Waals surface area contributed by atoms with Crippen LogP contribution in [0.3, 0.4) is 0 Å². The average molecular weight is 330 g/mol. The van der Waals surface area contributed by atoms with Gasteiger partial charge in [0.2, 0.25) is 0 Å². The molecule has 0 unspecified atom stereocenters. The fourth-order valence-corrected chi connectivity index (χ4v) is 2.13. The number of terminal acetylenes is 1. The van der Waals surface area contributed by atoms with E-state index in [0.717, 1.165) is 5.56 Å². The van der Waals surface area contributed by atoms with Crippen LogP contribution in [-0.4, -0.2) is 19.7 Å². The van der Waals surface area contributed by atoms with Gasteiger partial charge in [-0.2, -0.15) is 0 Å². The first-order chi connectivity index (χ1) is 11.5. The number of rotatable bonds is 5. The minimum absolute atomic E-state index is 0.0134. The summed E-state index contributed by atoms with van der Waals surface area (Å²) >= 11 is 0. The smallest absolute Gasteiger partial charge is 0.411 e. The zero-order valence-electron chi connectivity index (χ0n) is 13.1. The number of benzene rings is 2. The second-order valence-electron chi connectivity index (χ2n) is 4.97. The Bertz CT molecular complexity index is 755. The lowest BCUT2D eigenvalue weighted by Gasteiger charge is -2.23. The number of carbonyl (C=O) groups excluding carboxylic acids is 1. The Hall–Kier alpha value is -3.07. The van der Waals surface area contributed by atoms with E-state index in [1.165, 1.54) is 31.4 Å². The Morgan fingerprint density at radius 1 is 1.25 bits per heavy atom. The zero-order chi connectivity index (χ0) is 17.5. The molecule has 0 aliphatic heterocycles. The highest BCUT2D eigenvalue weighted by atomic mass is 19.1. The van der Waals surface area contributed by atoms with Crippen molar-refractivity contribution >= 4 is 17.5 Å². The lowest BCUT2D eigenvalue weighted by atomic mass is 10.2. The van der Waals surface area contributed by atoms with Gasteiger partial charge in [-0.25, -0.2) is 13.6 Å². The van der Waals surface area contributed by atoms with Crippen molar-refractivity contribution in [1.29, 1.82) is 0 Å². The molecule has 4 nitrogen and oxygen atoms in total. The third-order valence-electron chi connectivity index (χ3n) is 3.31. The van der Waals surface area contributed by atoms with Crippen LogP contribution >= 0.6 is 0 Å². The van der Waals surface area contributed by atoms with Gasteiger partial charge in [0.05, 0.1) is 19.3 Å². The van der Waals surface area contributed by atoms with Crippen LogP contribution in [0.1, 0.15) is 5.56 Å². The van der Waals surface area contributed by atoms with Crippen LogP contribution in [0.4, 0.5) is 25.0 Å². The van der Waals surface area contributed by atoms with Gasteiger partial charge in [0.1, 0.15) is 11.6 Å². The van der Waals surface area contributed by atoms with Crippen molar-refractivity contribution in [1.82, 2.24) is 0 Å². The van der Waals surface area contributed by atoms with Crippen LogP contribution in [0.25, 0.3) is 0 Å². The standard InChI is InChI=1S/C18H16F2N2O2/c1-3-10-22(12-13-4-6-14(19)7-5-13)15-8-9-16(20)17(11-15)21-18(23)24-2/h1,4-9,11H,10,12H2,2H3,(H,21,23). The molecule has 0 radical (unpaired) electrons. The second-order valence-corrected chi connectivity index (χ2v) is 4.97. The molecule has 1 N–H and O–H groups in total. The van der Waals surface area contributed by atoms with Crippen LogP contribution in [0.5, 0.6) is 0 Å². The normalized spacial score (nSPS) is 9.92. The first kappa shape index (κ1) is 17.3. The quantitative estimate of drug-likeness (QED) is 0.848. The molecule has 2 aromatic carbocycles. The molecule has 0 bridgehead atoms. The van der Waals surface area contributed by atoms with Crippen molar-refractivity contribution < 1.29 is 18.3 Å². The number of halogens is 2. The number of nitrogens with one attached hydrogen (secondary N) is 1. The number of hydrogen-bond donors (Lipinski definition) is 1. The summed E-state index contributed by atoms with van der Waals surface area (Å²) in [5, 5.41) is 2.30. The molecule has 24 heavy (non-hydrogen) atoms. The van der Waals surface area contributed by atoms with Gasteiger partial charge >= 0.3 is 6.09 Å². The predicted octanol–water partition coefficient (Wildman–Crippen LogP) is 3.78. The summed E-state index contributed by atoms with van der Waals surface area (Å²) in [4.78, 5) is 13.1. The van der Waals surface area contributed by atoms with Crippen molar-refractivity contribution in [2.45, 2.75) is 6.54 Å². The van der Waals surface area contributed by atoms with Crippen molar-refractivity contribution in [3.63, 3.8) is 0 Å². The van der Waals surface area contributed by atoms with Gasteiger partial charge in [-0.05, 0) is 35.9 Å². The fourth-order valence-electron chi connectivity index (χ4n) is 2.13. The predicted molar refractivity (Wildman–Crippen MR) is 88.7 cm³/mol. The van der Waals surface area contributed by atoms with Gasteiger partial charge < -0.3 is 9.64 Å². The van der Waals surface area contributed by atoms with Crippen LogP contribution in [0.2, 0.25) is 0 Å². The lowest BCUT2D eigenvalue weighted by molar-refractivity contribution is 0.187. The average Bonchev–Trinajstić information content (AvgIpc) is 2.58. The summed E-state index contributed by atoms with van der Waals surface area (Å²) < 4.78 is 31.3. The summed E-state index contributed by atoms with van der Waals surface area (Å²) in [6.45, 7) is 0.675. The molecule has 0 heterocycles. The van der Waals surface area contributed by atoms with Gasteiger partial charge in [0.25, 0.3) is 0 Å². The van der Waals surface area contributed by atoms with E-state index < -0.39 is 11.9 Å². The number of anilines is 2. The van der Waals surface area contributed by atoms with E-state index >= 15 is 0 Å². The summed E-state index contributed by atoms with van der Waals surface area (Å²) in [6.07, 6.45) is 4.63. The molecule has 0 fully saturated rings. The molecular formula is C18H16F2N2O2. The molecule has 6 heteroatoms. The Kier molecular flexibility index (Phi) is 5.74. The highest BCUT2D eigenvalue weighted by Gasteiger charge is 2.12. The maximum Gasteiger partial charge on any atom is 0.411 e. The van der Waals surface area contributed by atoms with Gasteiger partial charge in [0, 0.05) is 12.2 Å². The molecule has 1 amide bonds. The molecule has 0 saturated carbocycles. The molecule has 0 spiro atoms. The molecule has 0 aromatic heterocycles. The Morgan fingerprint density at radius 3 is 2.58 bits per heavy atom. The number of amides is 1.